The summed E-state index contributed by atoms with van der Waals surface area (Å²) in [5.41, 5.74) is 1.23. The van der Waals surface area contributed by atoms with Gasteiger partial charge in [0.1, 0.15) is 11.3 Å². The molecule has 3 heterocycles. The van der Waals surface area contributed by atoms with E-state index >= 15 is 0 Å². The number of amides is 1. The fourth-order valence-corrected chi connectivity index (χ4v) is 4.82. The lowest BCUT2D eigenvalue weighted by atomic mass is 9.98. The molecule has 4 aromatic rings. The van der Waals surface area contributed by atoms with Gasteiger partial charge < -0.3 is 9.15 Å². The molecule has 0 saturated carbocycles. The van der Waals surface area contributed by atoms with Gasteiger partial charge in [0.05, 0.1) is 23.6 Å². The Kier molecular flexibility index (Phi) is 5.11. The lowest BCUT2D eigenvalue weighted by Gasteiger charge is -2.23. The number of anilines is 1. The van der Waals surface area contributed by atoms with Crippen LogP contribution in [0.2, 0.25) is 0 Å². The number of halogens is 1. The maximum Gasteiger partial charge on any atom is 0.297 e. The Labute approximate surface area is 190 Å². The van der Waals surface area contributed by atoms with E-state index in [0.717, 1.165) is 16.5 Å². The summed E-state index contributed by atoms with van der Waals surface area (Å²) in [5, 5.41) is 2.72. The van der Waals surface area contributed by atoms with Gasteiger partial charge in [-0.2, -0.15) is 0 Å². The number of benzene rings is 2. The molecule has 0 radical (unpaired) electrons. The first-order valence-electron chi connectivity index (χ1n) is 9.80. The minimum Gasteiger partial charge on any atom is -0.494 e. The van der Waals surface area contributed by atoms with Crippen LogP contribution in [0.25, 0.3) is 11.0 Å². The maximum absolute atomic E-state index is 13.6. The molecule has 0 fully saturated rings. The van der Waals surface area contributed by atoms with Gasteiger partial charge in [-0.05, 0) is 42.3 Å². The molecule has 5 rings (SSSR count). The van der Waals surface area contributed by atoms with E-state index in [1.165, 1.54) is 16.2 Å². The third kappa shape index (κ3) is 3.36. The Morgan fingerprint density at radius 2 is 2.10 bits per heavy atom. The zero-order valence-electron chi connectivity index (χ0n) is 16.5. The van der Waals surface area contributed by atoms with Crippen molar-refractivity contribution in [1.82, 2.24) is 4.98 Å². The van der Waals surface area contributed by atoms with Crippen molar-refractivity contribution in [2.75, 3.05) is 11.5 Å². The van der Waals surface area contributed by atoms with Crippen LogP contribution in [0.15, 0.2) is 67.7 Å². The van der Waals surface area contributed by atoms with Gasteiger partial charge in [0, 0.05) is 16.0 Å². The van der Waals surface area contributed by atoms with Crippen molar-refractivity contribution in [3.63, 3.8) is 0 Å². The minimum atomic E-state index is -0.654. The number of carbonyl (C=O) groups excluding carboxylic acids is 1. The van der Waals surface area contributed by atoms with Gasteiger partial charge in [-0.15, -0.1) is 11.3 Å². The van der Waals surface area contributed by atoms with Crippen LogP contribution in [0.1, 0.15) is 41.1 Å². The molecule has 0 aliphatic carbocycles. The Morgan fingerprint density at radius 3 is 2.87 bits per heavy atom. The molecule has 2 aromatic heterocycles. The van der Waals surface area contributed by atoms with Crippen LogP contribution >= 0.6 is 27.3 Å². The normalized spacial score (nSPS) is 15.5. The number of rotatable bonds is 5. The largest absolute Gasteiger partial charge is 0.494 e. The molecule has 0 spiro atoms. The monoisotopic (exact) mass is 496 g/mol. The predicted molar refractivity (Wildman–Crippen MR) is 123 cm³/mol. The van der Waals surface area contributed by atoms with Crippen molar-refractivity contribution in [1.29, 1.82) is 0 Å². The second-order valence-corrected chi connectivity index (χ2v) is 8.92. The topological polar surface area (TPSA) is 72.6 Å². The lowest BCUT2D eigenvalue weighted by Crippen LogP contribution is -2.29. The van der Waals surface area contributed by atoms with Gasteiger partial charge >= 0.3 is 0 Å². The highest BCUT2D eigenvalue weighted by molar-refractivity contribution is 9.10. The van der Waals surface area contributed by atoms with Crippen LogP contribution < -0.4 is 15.1 Å². The van der Waals surface area contributed by atoms with Gasteiger partial charge in [-0.1, -0.05) is 35.0 Å². The quantitative estimate of drug-likeness (QED) is 0.362. The van der Waals surface area contributed by atoms with E-state index in [-0.39, 0.29) is 17.1 Å². The highest BCUT2D eigenvalue weighted by Crippen LogP contribution is 2.42. The molecule has 31 heavy (non-hydrogen) atoms. The number of nitrogens with zero attached hydrogens (tertiary/aromatic N) is 2. The molecule has 1 aliphatic rings. The Balaban J connectivity index is 1.75. The molecular weight excluding hydrogens is 480 g/mol. The molecule has 156 valence electrons. The Morgan fingerprint density at radius 1 is 1.23 bits per heavy atom. The van der Waals surface area contributed by atoms with Crippen molar-refractivity contribution in [3.8, 4) is 5.75 Å². The summed E-state index contributed by atoms with van der Waals surface area (Å²) in [7, 11) is 0. The fourth-order valence-electron chi connectivity index (χ4n) is 3.79. The molecule has 2 aromatic carbocycles. The Bertz CT molecular complexity index is 1350. The predicted octanol–water partition coefficient (Wildman–Crippen LogP) is 5.55. The fraction of sp³-hybridized carbons (Fsp3) is 0.174. The molecular formula is C23H17BrN2O4S. The van der Waals surface area contributed by atoms with Gasteiger partial charge in [0.2, 0.25) is 5.76 Å². The van der Waals surface area contributed by atoms with Crippen LogP contribution in [-0.2, 0) is 0 Å². The third-order valence-corrected chi connectivity index (χ3v) is 6.37. The summed E-state index contributed by atoms with van der Waals surface area (Å²) >= 11 is 4.75. The molecule has 0 saturated heterocycles. The van der Waals surface area contributed by atoms with E-state index in [9.17, 15) is 9.59 Å². The van der Waals surface area contributed by atoms with Crippen LogP contribution in [0, 0.1) is 0 Å². The first kappa shape index (κ1) is 20.0. The average molecular weight is 497 g/mol. The smallest absolute Gasteiger partial charge is 0.297 e. The van der Waals surface area contributed by atoms with E-state index < -0.39 is 6.04 Å². The number of aromatic nitrogens is 1. The van der Waals surface area contributed by atoms with Crippen LogP contribution in [0.5, 0.6) is 5.75 Å². The molecule has 8 heteroatoms. The number of ether oxygens (including phenoxy) is 1. The van der Waals surface area contributed by atoms with Crippen LogP contribution in [0.4, 0.5) is 5.13 Å². The zero-order chi connectivity index (χ0) is 21.5. The van der Waals surface area contributed by atoms with Crippen molar-refractivity contribution < 1.29 is 13.9 Å². The molecule has 0 unspecified atom stereocenters. The SMILES string of the molecule is CCCOc1cccc([C@@H]2c3c(oc4ccc(Br)cc4c3=O)C(=O)N2c2nccs2)c1. The summed E-state index contributed by atoms with van der Waals surface area (Å²) in [6.45, 7) is 2.62. The number of thiazole rings is 1. The van der Waals surface area contributed by atoms with Crippen molar-refractivity contribution in [3.05, 3.63) is 85.6 Å². The molecule has 6 nitrogen and oxygen atoms in total. The molecule has 0 N–H and O–H groups in total. The summed E-state index contributed by atoms with van der Waals surface area (Å²) in [5.74, 6) is 0.365. The molecule has 1 atom stereocenters. The third-order valence-electron chi connectivity index (χ3n) is 5.10. The van der Waals surface area contributed by atoms with Crippen LogP contribution in [-0.4, -0.2) is 17.5 Å². The van der Waals surface area contributed by atoms with E-state index in [1.807, 2.05) is 31.2 Å². The first-order valence-corrected chi connectivity index (χ1v) is 11.5. The van der Waals surface area contributed by atoms with Crippen molar-refractivity contribution in [2.24, 2.45) is 0 Å². The van der Waals surface area contributed by atoms with Gasteiger partial charge in [0.15, 0.2) is 10.6 Å². The molecule has 1 amide bonds. The summed E-state index contributed by atoms with van der Waals surface area (Å²) in [6.07, 6.45) is 2.52. The second kappa shape index (κ2) is 7.94. The highest BCUT2D eigenvalue weighted by Gasteiger charge is 2.44. The first-order chi connectivity index (χ1) is 15.1. The number of carbonyl (C=O) groups is 1. The highest BCUT2D eigenvalue weighted by atomic mass is 79.9. The second-order valence-electron chi connectivity index (χ2n) is 7.13. The summed E-state index contributed by atoms with van der Waals surface area (Å²) in [4.78, 5) is 32.9. The van der Waals surface area contributed by atoms with Crippen molar-refractivity contribution >= 4 is 49.3 Å². The minimum absolute atomic E-state index is 0.0555. The van der Waals surface area contributed by atoms with Gasteiger partial charge in [0.25, 0.3) is 5.91 Å². The molecule has 0 bridgehead atoms. The summed E-state index contributed by atoms with van der Waals surface area (Å²) in [6, 6.07) is 12.0. The van der Waals surface area contributed by atoms with E-state index in [2.05, 4.69) is 20.9 Å². The van der Waals surface area contributed by atoms with Gasteiger partial charge in [-0.3, -0.25) is 14.5 Å². The number of hydrogen-bond donors (Lipinski definition) is 0. The van der Waals surface area contributed by atoms with E-state index in [4.69, 9.17) is 9.15 Å². The van der Waals surface area contributed by atoms with E-state index in [0.29, 0.717) is 34.0 Å². The zero-order valence-corrected chi connectivity index (χ0v) is 18.9. The number of hydrogen-bond acceptors (Lipinski definition) is 6. The van der Waals surface area contributed by atoms with E-state index in [1.54, 1.807) is 29.8 Å². The van der Waals surface area contributed by atoms with Crippen LogP contribution in [0.3, 0.4) is 0 Å². The van der Waals surface area contributed by atoms with Crippen molar-refractivity contribution in [2.45, 2.75) is 19.4 Å². The average Bonchev–Trinajstić information content (AvgIpc) is 3.40. The maximum atomic E-state index is 13.6. The standard InChI is InChI=1S/C23H17BrN2O4S/c1-2-9-29-15-5-3-4-13(11-15)19-18-20(27)16-12-14(24)6-7-17(16)30-21(18)22(28)26(19)23-25-8-10-31-23/h3-8,10-12,19H,2,9H2,1H3/t19-/m1/s1. The van der Waals surface area contributed by atoms with Gasteiger partial charge in [-0.25, -0.2) is 4.98 Å². The summed E-state index contributed by atoms with van der Waals surface area (Å²) < 4.78 is 12.5. The number of fused-ring (bicyclic) bond motifs is 2. The Hall–Kier alpha value is -2.97. The lowest BCUT2D eigenvalue weighted by molar-refractivity contribution is 0.0971. The molecule has 1 aliphatic heterocycles.